The Morgan fingerprint density at radius 1 is 1.31 bits per heavy atom. The fourth-order valence-electron chi connectivity index (χ4n) is 1.59. The van der Waals surface area contributed by atoms with Crippen molar-refractivity contribution >= 4 is 0 Å². The third-order valence-electron chi connectivity index (χ3n) is 3.53. The van der Waals surface area contributed by atoms with Gasteiger partial charge in [0, 0.05) is 6.04 Å². The van der Waals surface area contributed by atoms with Crippen LogP contribution in [0.3, 0.4) is 0 Å². The van der Waals surface area contributed by atoms with Gasteiger partial charge in [-0.3, -0.25) is 0 Å². The minimum Gasteiger partial charge on any atom is -0.314 e. The Hall–Kier alpha value is -0.0400. The van der Waals surface area contributed by atoms with Gasteiger partial charge < -0.3 is 5.32 Å². The minimum absolute atomic E-state index is 0.402. The topological polar surface area (TPSA) is 12.0 Å². The van der Waals surface area contributed by atoms with Crippen LogP contribution in [0.15, 0.2) is 0 Å². The lowest BCUT2D eigenvalue weighted by Gasteiger charge is -2.30. The van der Waals surface area contributed by atoms with Crippen LogP contribution in [0, 0.1) is 11.3 Å². The molecule has 0 aromatic carbocycles. The molecule has 1 aliphatic rings. The van der Waals surface area contributed by atoms with Crippen molar-refractivity contribution in [1.29, 1.82) is 0 Å². The summed E-state index contributed by atoms with van der Waals surface area (Å²) in [4.78, 5) is 0. The molecule has 1 saturated carbocycles. The fraction of sp³-hybridized carbons (Fsp3) is 1.00. The molecule has 0 bridgehead atoms. The van der Waals surface area contributed by atoms with Crippen molar-refractivity contribution in [2.24, 2.45) is 11.3 Å². The Kier molecular flexibility index (Phi) is 3.78. The summed E-state index contributed by atoms with van der Waals surface area (Å²) in [7, 11) is 0. The van der Waals surface area contributed by atoms with E-state index in [1.807, 2.05) is 0 Å². The first kappa shape index (κ1) is 11.0. The van der Waals surface area contributed by atoms with E-state index in [0.717, 1.165) is 5.92 Å². The second kappa shape index (κ2) is 4.45. The zero-order valence-electron chi connectivity index (χ0n) is 9.69. The van der Waals surface area contributed by atoms with Crippen molar-refractivity contribution in [3.63, 3.8) is 0 Å². The Bertz CT molecular complexity index is 142. The number of hydrogen-bond acceptors (Lipinski definition) is 1. The second-order valence-electron chi connectivity index (χ2n) is 5.63. The molecule has 0 aromatic rings. The average molecular weight is 183 g/mol. The first-order valence-corrected chi connectivity index (χ1v) is 5.73. The normalized spacial score (nSPS) is 21.2. The Balaban J connectivity index is 2.04. The van der Waals surface area contributed by atoms with E-state index in [1.54, 1.807) is 0 Å². The van der Waals surface area contributed by atoms with Crippen LogP contribution in [-0.4, -0.2) is 12.6 Å². The van der Waals surface area contributed by atoms with Crippen LogP contribution < -0.4 is 5.32 Å². The zero-order valence-corrected chi connectivity index (χ0v) is 9.69. The van der Waals surface area contributed by atoms with Gasteiger partial charge in [-0.05, 0) is 31.2 Å². The molecule has 1 heteroatoms. The summed E-state index contributed by atoms with van der Waals surface area (Å²) in [5, 5.41) is 3.62. The Labute approximate surface area is 83.3 Å². The standard InChI is InChI=1S/C12H25N/c1-10(12(2,3)4)13-9-8-11-6-5-7-11/h10-11,13H,5-9H2,1-4H3. The first-order valence-electron chi connectivity index (χ1n) is 5.73. The summed E-state index contributed by atoms with van der Waals surface area (Å²) < 4.78 is 0. The zero-order chi connectivity index (χ0) is 9.90. The molecule has 1 unspecified atom stereocenters. The molecular formula is C12H25N. The lowest BCUT2D eigenvalue weighted by atomic mass is 9.82. The second-order valence-corrected chi connectivity index (χ2v) is 5.63. The third-order valence-corrected chi connectivity index (χ3v) is 3.53. The molecule has 0 spiro atoms. The highest BCUT2D eigenvalue weighted by atomic mass is 14.9. The summed E-state index contributed by atoms with van der Waals surface area (Å²) >= 11 is 0. The fourth-order valence-corrected chi connectivity index (χ4v) is 1.59. The molecular weight excluding hydrogens is 158 g/mol. The molecule has 1 nitrogen and oxygen atoms in total. The van der Waals surface area contributed by atoms with Crippen molar-refractivity contribution in [3.05, 3.63) is 0 Å². The van der Waals surface area contributed by atoms with Gasteiger partial charge in [0.2, 0.25) is 0 Å². The van der Waals surface area contributed by atoms with Gasteiger partial charge in [-0.25, -0.2) is 0 Å². The molecule has 1 aliphatic carbocycles. The molecule has 0 radical (unpaired) electrons. The van der Waals surface area contributed by atoms with E-state index in [0.29, 0.717) is 11.5 Å². The van der Waals surface area contributed by atoms with Crippen molar-refractivity contribution in [3.8, 4) is 0 Å². The van der Waals surface area contributed by atoms with Crippen LogP contribution in [0.4, 0.5) is 0 Å². The van der Waals surface area contributed by atoms with Gasteiger partial charge in [-0.1, -0.05) is 40.0 Å². The highest BCUT2D eigenvalue weighted by molar-refractivity contribution is 4.77. The van der Waals surface area contributed by atoms with Crippen molar-refractivity contribution in [1.82, 2.24) is 5.32 Å². The van der Waals surface area contributed by atoms with Gasteiger partial charge in [-0.15, -0.1) is 0 Å². The maximum atomic E-state index is 3.62. The monoisotopic (exact) mass is 183 g/mol. The van der Waals surface area contributed by atoms with Gasteiger partial charge in [0.1, 0.15) is 0 Å². The van der Waals surface area contributed by atoms with Gasteiger partial charge in [-0.2, -0.15) is 0 Å². The molecule has 1 N–H and O–H groups in total. The van der Waals surface area contributed by atoms with Crippen LogP contribution in [0.2, 0.25) is 0 Å². The van der Waals surface area contributed by atoms with Gasteiger partial charge >= 0.3 is 0 Å². The summed E-state index contributed by atoms with van der Waals surface area (Å²) in [6, 6.07) is 0.632. The molecule has 0 aromatic heterocycles. The molecule has 0 heterocycles. The summed E-state index contributed by atoms with van der Waals surface area (Å²) in [6.07, 6.45) is 5.82. The Morgan fingerprint density at radius 2 is 1.92 bits per heavy atom. The van der Waals surface area contributed by atoms with E-state index in [1.165, 1.54) is 32.2 Å². The van der Waals surface area contributed by atoms with E-state index in [9.17, 15) is 0 Å². The molecule has 78 valence electrons. The minimum atomic E-state index is 0.402. The highest BCUT2D eigenvalue weighted by Crippen LogP contribution is 2.29. The molecule has 0 saturated heterocycles. The Morgan fingerprint density at radius 3 is 2.31 bits per heavy atom. The average Bonchev–Trinajstić information content (AvgIpc) is 1.91. The van der Waals surface area contributed by atoms with E-state index in [-0.39, 0.29) is 0 Å². The largest absolute Gasteiger partial charge is 0.314 e. The predicted octanol–water partition coefficient (Wildman–Crippen LogP) is 3.20. The summed E-state index contributed by atoms with van der Waals surface area (Å²) in [5.74, 6) is 1.04. The molecule has 1 rings (SSSR count). The quantitative estimate of drug-likeness (QED) is 0.706. The van der Waals surface area contributed by atoms with Crippen molar-refractivity contribution in [2.75, 3.05) is 6.54 Å². The highest BCUT2D eigenvalue weighted by Gasteiger charge is 2.21. The summed E-state index contributed by atoms with van der Waals surface area (Å²) in [6.45, 7) is 10.4. The van der Waals surface area contributed by atoms with E-state index in [4.69, 9.17) is 0 Å². The van der Waals surface area contributed by atoms with Crippen LogP contribution in [-0.2, 0) is 0 Å². The maximum absolute atomic E-state index is 3.62. The molecule has 13 heavy (non-hydrogen) atoms. The predicted molar refractivity (Wildman–Crippen MR) is 58.9 cm³/mol. The van der Waals surface area contributed by atoms with Crippen LogP contribution >= 0.6 is 0 Å². The van der Waals surface area contributed by atoms with Crippen LogP contribution in [0.25, 0.3) is 0 Å². The lowest BCUT2D eigenvalue weighted by Crippen LogP contribution is -2.38. The van der Waals surface area contributed by atoms with Gasteiger partial charge in [0.25, 0.3) is 0 Å². The lowest BCUT2D eigenvalue weighted by molar-refractivity contribution is 0.253. The molecule has 1 atom stereocenters. The van der Waals surface area contributed by atoms with Crippen LogP contribution in [0.5, 0.6) is 0 Å². The smallest absolute Gasteiger partial charge is 0.00872 e. The van der Waals surface area contributed by atoms with Gasteiger partial charge in [0.05, 0.1) is 0 Å². The molecule has 0 amide bonds. The van der Waals surface area contributed by atoms with E-state index in [2.05, 4.69) is 33.0 Å². The molecule has 1 fully saturated rings. The molecule has 0 aliphatic heterocycles. The van der Waals surface area contributed by atoms with Gasteiger partial charge in [0.15, 0.2) is 0 Å². The SMILES string of the molecule is CC(NCCC1CCC1)C(C)(C)C. The van der Waals surface area contributed by atoms with Crippen molar-refractivity contribution in [2.45, 2.75) is 59.4 Å². The number of rotatable bonds is 4. The number of nitrogens with one attached hydrogen (secondary N) is 1. The van der Waals surface area contributed by atoms with E-state index >= 15 is 0 Å². The van der Waals surface area contributed by atoms with Crippen molar-refractivity contribution < 1.29 is 0 Å². The third kappa shape index (κ3) is 3.68. The number of hydrogen-bond donors (Lipinski definition) is 1. The summed E-state index contributed by atoms with van der Waals surface area (Å²) in [5.41, 5.74) is 0.402. The first-order chi connectivity index (χ1) is 6.00. The van der Waals surface area contributed by atoms with Crippen LogP contribution in [0.1, 0.15) is 53.4 Å². The van der Waals surface area contributed by atoms with E-state index < -0.39 is 0 Å². The maximum Gasteiger partial charge on any atom is 0.00872 e.